The molecular weight excluding hydrogens is 318 g/mol. The molecule has 0 radical (unpaired) electrons. The number of amides is 1. The fraction of sp³-hybridized carbons (Fsp3) is 0.350. The van der Waals surface area contributed by atoms with E-state index in [-0.39, 0.29) is 12.0 Å². The second kappa shape index (κ2) is 7.47. The van der Waals surface area contributed by atoms with E-state index >= 15 is 0 Å². The summed E-state index contributed by atoms with van der Waals surface area (Å²) in [6.07, 6.45) is -0.998. The standard InChI is InChI=1S/C20H23NO4/c1-14-8-10-16(11-9-14)23-13-12-21(3)20(22)19-15(2)24-17-6-4-5-7-18(17)25-19/h4-11,15,19H,12-13H2,1-3H3/t15-,19-/m1/s1. The van der Waals surface area contributed by atoms with Crippen molar-refractivity contribution in [2.24, 2.45) is 0 Å². The van der Waals surface area contributed by atoms with E-state index in [0.717, 1.165) is 5.75 Å². The Balaban J connectivity index is 1.54. The van der Waals surface area contributed by atoms with E-state index in [1.165, 1.54) is 5.56 Å². The number of rotatable bonds is 5. The van der Waals surface area contributed by atoms with Crippen LogP contribution in [0.4, 0.5) is 0 Å². The largest absolute Gasteiger partial charge is 0.492 e. The highest BCUT2D eigenvalue weighted by Crippen LogP contribution is 2.33. The molecule has 5 heteroatoms. The highest BCUT2D eigenvalue weighted by Gasteiger charge is 2.35. The van der Waals surface area contributed by atoms with Crippen LogP contribution in [0.5, 0.6) is 17.2 Å². The lowest BCUT2D eigenvalue weighted by Crippen LogP contribution is -2.50. The van der Waals surface area contributed by atoms with Crippen molar-refractivity contribution in [1.82, 2.24) is 4.90 Å². The van der Waals surface area contributed by atoms with Gasteiger partial charge >= 0.3 is 0 Å². The third-order valence-electron chi connectivity index (χ3n) is 4.18. The molecule has 3 rings (SSSR count). The topological polar surface area (TPSA) is 48.0 Å². The first-order chi connectivity index (χ1) is 12.0. The maximum atomic E-state index is 12.7. The SMILES string of the molecule is Cc1ccc(OCCN(C)C(=O)[C@@H]2Oc3ccccc3O[C@@H]2C)cc1. The number of ether oxygens (including phenoxy) is 3. The van der Waals surface area contributed by atoms with Crippen LogP contribution in [-0.4, -0.2) is 43.2 Å². The molecule has 1 heterocycles. The lowest BCUT2D eigenvalue weighted by Gasteiger charge is -2.33. The molecule has 0 aromatic heterocycles. The predicted octanol–water partition coefficient (Wildman–Crippen LogP) is 3.06. The van der Waals surface area contributed by atoms with Crippen molar-refractivity contribution in [2.45, 2.75) is 26.1 Å². The summed E-state index contributed by atoms with van der Waals surface area (Å²) in [5.74, 6) is 1.95. The number of nitrogens with zero attached hydrogens (tertiary/aromatic N) is 1. The van der Waals surface area contributed by atoms with Gasteiger partial charge in [-0.2, -0.15) is 0 Å². The molecule has 2 atom stereocenters. The zero-order valence-corrected chi connectivity index (χ0v) is 14.8. The number of aryl methyl sites for hydroxylation is 1. The molecule has 0 fully saturated rings. The second-order valence-corrected chi connectivity index (χ2v) is 6.23. The van der Waals surface area contributed by atoms with Gasteiger partial charge in [0.1, 0.15) is 18.5 Å². The minimum Gasteiger partial charge on any atom is -0.492 e. The van der Waals surface area contributed by atoms with Crippen molar-refractivity contribution >= 4 is 5.91 Å². The summed E-state index contributed by atoms with van der Waals surface area (Å²) in [5, 5.41) is 0. The molecular formula is C20H23NO4. The Bertz CT molecular complexity index is 729. The maximum Gasteiger partial charge on any atom is 0.267 e. The molecule has 0 bridgehead atoms. The minimum atomic E-state index is -0.653. The van der Waals surface area contributed by atoms with Gasteiger partial charge in [0, 0.05) is 7.05 Å². The van der Waals surface area contributed by atoms with E-state index < -0.39 is 6.10 Å². The Morgan fingerprint density at radius 2 is 1.72 bits per heavy atom. The van der Waals surface area contributed by atoms with Crippen molar-refractivity contribution in [1.29, 1.82) is 0 Å². The highest BCUT2D eigenvalue weighted by atomic mass is 16.6. The van der Waals surface area contributed by atoms with Crippen LogP contribution in [0.25, 0.3) is 0 Å². The molecule has 0 saturated heterocycles. The fourth-order valence-corrected chi connectivity index (χ4v) is 2.65. The number of hydrogen-bond donors (Lipinski definition) is 0. The van der Waals surface area contributed by atoms with Crippen LogP contribution in [0.15, 0.2) is 48.5 Å². The predicted molar refractivity (Wildman–Crippen MR) is 95.3 cm³/mol. The summed E-state index contributed by atoms with van der Waals surface area (Å²) in [7, 11) is 1.75. The minimum absolute atomic E-state index is 0.116. The zero-order chi connectivity index (χ0) is 17.8. The van der Waals surface area contributed by atoms with Gasteiger partial charge in [0.2, 0.25) is 6.10 Å². The first kappa shape index (κ1) is 17.1. The molecule has 0 aliphatic carbocycles. The van der Waals surface area contributed by atoms with Crippen LogP contribution in [0.1, 0.15) is 12.5 Å². The van der Waals surface area contributed by atoms with E-state index in [2.05, 4.69) is 0 Å². The smallest absolute Gasteiger partial charge is 0.267 e. The molecule has 0 saturated carbocycles. The van der Waals surface area contributed by atoms with Gasteiger partial charge < -0.3 is 19.1 Å². The number of carbonyl (C=O) groups excluding carboxylic acids is 1. The van der Waals surface area contributed by atoms with E-state index in [4.69, 9.17) is 14.2 Å². The maximum absolute atomic E-state index is 12.7. The van der Waals surface area contributed by atoms with Crippen LogP contribution in [0, 0.1) is 6.92 Å². The fourth-order valence-electron chi connectivity index (χ4n) is 2.65. The Morgan fingerprint density at radius 1 is 1.08 bits per heavy atom. The number of carbonyl (C=O) groups is 1. The third kappa shape index (κ3) is 4.05. The molecule has 1 aliphatic heterocycles. The number of fused-ring (bicyclic) bond motifs is 1. The molecule has 0 spiro atoms. The van der Waals surface area contributed by atoms with E-state index in [1.54, 1.807) is 11.9 Å². The van der Waals surface area contributed by atoms with E-state index in [1.807, 2.05) is 62.4 Å². The van der Waals surface area contributed by atoms with E-state index in [0.29, 0.717) is 24.7 Å². The Morgan fingerprint density at radius 3 is 2.40 bits per heavy atom. The Labute approximate surface area is 148 Å². The summed E-state index contributed by atoms with van der Waals surface area (Å²) >= 11 is 0. The number of likely N-dealkylation sites (N-methyl/N-ethyl adjacent to an activating group) is 1. The average molecular weight is 341 g/mol. The lowest BCUT2D eigenvalue weighted by atomic mass is 10.1. The molecule has 0 N–H and O–H groups in total. The Hall–Kier alpha value is -2.69. The van der Waals surface area contributed by atoms with Crippen LogP contribution >= 0.6 is 0 Å². The third-order valence-corrected chi connectivity index (χ3v) is 4.18. The first-order valence-corrected chi connectivity index (χ1v) is 8.41. The quantitative estimate of drug-likeness (QED) is 0.839. The summed E-state index contributed by atoms with van der Waals surface area (Å²) in [5.41, 5.74) is 1.18. The van der Waals surface area contributed by atoms with Crippen molar-refractivity contribution in [2.75, 3.05) is 20.2 Å². The van der Waals surface area contributed by atoms with Crippen molar-refractivity contribution in [3.63, 3.8) is 0 Å². The molecule has 25 heavy (non-hydrogen) atoms. The number of hydrogen-bond acceptors (Lipinski definition) is 4. The summed E-state index contributed by atoms with van der Waals surface area (Å²) in [4.78, 5) is 14.3. The van der Waals surface area contributed by atoms with Crippen LogP contribution in [0.3, 0.4) is 0 Å². The van der Waals surface area contributed by atoms with Crippen LogP contribution < -0.4 is 14.2 Å². The lowest BCUT2D eigenvalue weighted by molar-refractivity contribution is -0.143. The summed E-state index contributed by atoms with van der Waals surface area (Å²) < 4.78 is 17.3. The van der Waals surface area contributed by atoms with Gasteiger partial charge in [0.25, 0.3) is 5.91 Å². The molecule has 2 aromatic carbocycles. The van der Waals surface area contributed by atoms with E-state index in [9.17, 15) is 4.79 Å². The molecule has 1 amide bonds. The van der Waals surface area contributed by atoms with Gasteiger partial charge in [0.05, 0.1) is 6.54 Å². The van der Waals surface area contributed by atoms with Gasteiger partial charge in [-0.3, -0.25) is 4.79 Å². The van der Waals surface area contributed by atoms with Gasteiger partial charge in [0.15, 0.2) is 11.5 Å². The highest BCUT2D eigenvalue weighted by molar-refractivity contribution is 5.82. The number of para-hydroxylation sites is 2. The second-order valence-electron chi connectivity index (χ2n) is 6.23. The van der Waals surface area contributed by atoms with Gasteiger partial charge in [-0.15, -0.1) is 0 Å². The van der Waals surface area contributed by atoms with Gasteiger partial charge in [-0.1, -0.05) is 29.8 Å². The zero-order valence-electron chi connectivity index (χ0n) is 14.8. The van der Waals surface area contributed by atoms with Crippen molar-refractivity contribution in [3.8, 4) is 17.2 Å². The monoisotopic (exact) mass is 341 g/mol. The van der Waals surface area contributed by atoms with Gasteiger partial charge in [-0.05, 0) is 38.1 Å². The summed E-state index contributed by atoms with van der Waals surface area (Å²) in [6.45, 7) is 4.77. The van der Waals surface area contributed by atoms with Crippen molar-refractivity contribution < 1.29 is 19.0 Å². The average Bonchev–Trinajstić information content (AvgIpc) is 2.62. The molecule has 2 aromatic rings. The molecule has 0 unspecified atom stereocenters. The Kier molecular flexibility index (Phi) is 5.12. The normalized spacial score (nSPS) is 18.5. The summed E-state index contributed by atoms with van der Waals surface area (Å²) in [6, 6.07) is 15.2. The molecule has 5 nitrogen and oxygen atoms in total. The first-order valence-electron chi connectivity index (χ1n) is 8.41. The van der Waals surface area contributed by atoms with Gasteiger partial charge in [-0.25, -0.2) is 0 Å². The van der Waals surface area contributed by atoms with Crippen molar-refractivity contribution in [3.05, 3.63) is 54.1 Å². The number of benzene rings is 2. The van der Waals surface area contributed by atoms with Crippen LogP contribution in [0.2, 0.25) is 0 Å². The molecule has 1 aliphatic rings. The van der Waals surface area contributed by atoms with Crippen LogP contribution in [-0.2, 0) is 4.79 Å². The molecule has 132 valence electrons.